The Morgan fingerprint density at radius 2 is 1.73 bits per heavy atom. The summed E-state index contributed by atoms with van der Waals surface area (Å²) in [6.07, 6.45) is 3.74. The lowest BCUT2D eigenvalue weighted by Crippen LogP contribution is -2.61. The van der Waals surface area contributed by atoms with Gasteiger partial charge in [0.05, 0.1) is 6.04 Å². The Hall–Kier alpha value is -2.65. The van der Waals surface area contributed by atoms with Gasteiger partial charge in [-0.05, 0) is 54.3 Å². The van der Waals surface area contributed by atoms with Crippen LogP contribution in [0.4, 0.5) is 4.79 Å². The zero-order valence-electron chi connectivity index (χ0n) is 23.3. The predicted octanol–water partition coefficient (Wildman–Crippen LogP) is 1.71. The summed E-state index contributed by atoms with van der Waals surface area (Å²) < 4.78 is 0. The standard InChI is InChI=1S/C27H45N5O5/c1-8-9-17(20(33)22(28)34)30-23(35)19-18-16(27(18,6)7)13-32(19)24(36)21(26(3,4)5)31-25(37)29-15-11-10-14(2)12-15/h14-19,21H,8-13H2,1-7H3,(H2,28,34)(H,30,35)(H2,29,31,37)/t14?,15?,16-,17?,18-,19-,21+/m0/s1. The van der Waals surface area contributed by atoms with Crippen LogP contribution in [0.15, 0.2) is 0 Å². The lowest BCUT2D eigenvalue weighted by Gasteiger charge is -2.38. The van der Waals surface area contributed by atoms with Crippen molar-refractivity contribution in [1.82, 2.24) is 20.9 Å². The highest BCUT2D eigenvalue weighted by Crippen LogP contribution is 2.65. The lowest BCUT2D eigenvalue weighted by atomic mass is 9.85. The number of hydrogen-bond acceptors (Lipinski definition) is 5. The number of ketones is 1. The predicted molar refractivity (Wildman–Crippen MR) is 139 cm³/mol. The number of nitrogens with two attached hydrogens (primary N) is 1. The molecule has 2 saturated carbocycles. The molecule has 0 aromatic carbocycles. The molecule has 208 valence electrons. The van der Waals surface area contributed by atoms with Crippen molar-refractivity contribution in [3.63, 3.8) is 0 Å². The van der Waals surface area contributed by atoms with Crippen LogP contribution in [0.3, 0.4) is 0 Å². The van der Waals surface area contributed by atoms with Crippen molar-refractivity contribution in [1.29, 1.82) is 0 Å². The Kier molecular flexibility index (Phi) is 8.29. The van der Waals surface area contributed by atoms with Gasteiger partial charge in [-0.3, -0.25) is 19.2 Å². The first-order chi connectivity index (χ1) is 17.1. The first kappa shape index (κ1) is 28.9. The van der Waals surface area contributed by atoms with E-state index in [1.165, 1.54) is 0 Å². The molecular formula is C27H45N5O5. The molecule has 3 unspecified atom stereocenters. The zero-order chi connectivity index (χ0) is 27.9. The highest BCUT2D eigenvalue weighted by Gasteiger charge is 2.69. The summed E-state index contributed by atoms with van der Waals surface area (Å²) >= 11 is 0. The molecule has 0 bridgehead atoms. The van der Waals surface area contributed by atoms with E-state index < -0.39 is 41.1 Å². The van der Waals surface area contributed by atoms with Gasteiger partial charge in [-0.2, -0.15) is 0 Å². The minimum atomic E-state index is -1.10. The molecule has 1 heterocycles. The first-order valence-corrected chi connectivity index (χ1v) is 13.6. The quantitative estimate of drug-likeness (QED) is 0.342. The molecule has 7 atom stereocenters. The number of rotatable bonds is 9. The second-order valence-electron chi connectivity index (χ2n) is 13.0. The summed E-state index contributed by atoms with van der Waals surface area (Å²) in [5.74, 6) is -2.10. The van der Waals surface area contributed by atoms with Gasteiger partial charge in [-0.1, -0.05) is 54.9 Å². The molecular weight excluding hydrogens is 474 g/mol. The van der Waals surface area contributed by atoms with Gasteiger partial charge in [-0.25, -0.2) is 4.79 Å². The van der Waals surface area contributed by atoms with Crippen molar-refractivity contribution in [2.45, 2.75) is 105 Å². The van der Waals surface area contributed by atoms with Crippen LogP contribution in [0.5, 0.6) is 0 Å². The fourth-order valence-electron chi connectivity index (χ4n) is 6.31. The second kappa shape index (κ2) is 10.6. The summed E-state index contributed by atoms with van der Waals surface area (Å²) in [5, 5.41) is 8.60. The average molecular weight is 520 g/mol. The van der Waals surface area contributed by atoms with Crippen LogP contribution in [0.2, 0.25) is 0 Å². The van der Waals surface area contributed by atoms with Crippen LogP contribution in [-0.4, -0.2) is 65.1 Å². The maximum atomic E-state index is 13.9. The molecule has 2 aliphatic carbocycles. The van der Waals surface area contributed by atoms with E-state index in [1.54, 1.807) is 4.90 Å². The van der Waals surface area contributed by atoms with Crippen molar-refractivity contribution >= 4 is 29.5 Å². The molecule has 0 spiro atoms. The van der Waals surface area contributed by atoms with Gasteiger partial charge < -0.3 is 26.6 Å². The lowest BCUT2D eigenvalue weighted by molar-refractivity contribution is -0.145. The second-order valence-corrected chi connectivity index (χ2v) is 13.0. The number of carbonyl (C=O) groups is 5. The van der Waals surface area contributed by atoms with Gasteiger partial charge in [0, 0.05) is 12.6 Å². The van der Waals surface area contributed by atoms with Crippen molar-refractivity contribution in [2.75, 3.05) is 6.54 Å². The molecule has 37 heavy (non-hydrogen) atoms. The van der Waals surface area contributed by atoms with E-state index in [-0.39, 0.29) is 41.7 Å². The van der Waals surface area contributed by atoms with Crippen LogP contribution in [0.25, 0.3) is 0 Å². The number of Topliss-reactive ketones (excluding diaryl/α,β-unsaturated/α-hetero) is 1. The third-order valence-electron chi connectivity index (χ3n) is 8.63. The van der Waals surface area contributed by atoms with Crippen molar-refractivity contribution in [3.05, 3.63) is 0 Å². The minimum absolute atomic E-state index is 0.0724. The number of nitrogens with zero attached hydrogens (tertiary/aromatic N) is 1. The van der Waals surface area contributed by atoms with Gasteiger partial charge in [0.2, 0.25) is 17.6 Å². The summed E-state index contributed by atoms with van der Waals surface area (Å²) in [6.45, 7) is 14.2. The van der Waals surface area contributed by atoms with E-state index >= 15 is 0 Å². The fraction of sp³-hybridized carbons (Fsp3) is 0.815. The Balaban J connectivity index is 1.79. The smallest absolute Gasteiger partial charge is 0.315 e. The van der Waals surface area contributed by atoms with E-state index in [9.17, 15) is 24.0 Å². The molecule has 3 aliphatic rings. The molecule has 3 fully saturated rings. The average Bonchev–Trinajstić information content (AvgIpc) is 3.15. The molecule has 0 aromatic rings. The highest BCUT2D eigenvalue weighted by atomic mass is 16.2. The van der Waals surface area contributed by atoms with Gasteiger partial charge in [0.15, 0.2) is 0 Å². The van der Waals surface area contributed by atoms with Crippen LogP contribution >= 0.6 is 0 Å². The minimum Gasteiger partial charge on any atom is -0.363 e. The Bertz CT molecular complexity index is 942. The van der Waals surface area contributed by atoms with Crippen molar-refractivity contribution < 1.29 is 24.0 Å². The largest absolute Gasteiger partial charge is 0.363 e. The number of carbonyl (C=O) groups excluding carboxylic acids is 5. The maximum absolute atomic E-state index is 13.9. The summed E-state index contributed by atoms with van der Waals surface area (Å²) in [6, 6.07) is -2.96. The number of hydrogen-bond donors (Lipinski definition) is 4. The maximum Gasteiger partial charge on any atom is 0.315 e. The number of likely N-dealkylation sites (tertiary alicyclic amines) is 1. The van der Waals surface area contributed by atoms with E-state index in [4.69, 9.17) is 5.73 Å². The summed E-state index contributed by atoms with van der Waals surface area (Å²) in [5.41, 5.74) is 4.47. The van der Waals surface area contributed by atoms with Gasteiger partial charge >= 0.3 is 6.03 Å². The van der Waals surface area contributed by atoms with E-state index in [0.29, 0.717) is 18.9 Å². The number of nitrogens with one attached hydrogen (secondary N) is 3. The Morgan fingerprint density at radius 3 is 2.24 bits per heavy atom. The van der Waals surface area contributed by atoms with Crippen molar-refractivity contribution in [2.24, 2.45) is 34.3 Å². The van der Waals surface area contributed by atoms with Crippen LogP contribution in [-0.2, 0) is 19.2 Å². The molecule has 1 aliphatic heterocycles. The summed E-state index contributed by atoms with van der Waals surface area (Å²) in [4.78, 5) is 65.7. The molecule has 10 nitrogen and oxygen atoms in total. The number of piperidine rings is 1. The molecule has 0 radical (unpaired) electrons. The van der Waals surface area contributed by atoms with E-state index in [0.717, 1.165) is 19.3 Å². The first-order valence-electron chi connectivity index (χ1n) is 13.6. The van der Waals surface area contributed by atoms with Crippen LogP contribution < -0.4 is 21.7 Å². The van der Waals surface area contributed by atoms with Crippen LogP contribution in [0, 0.1) is 28.6 Å². The molecule has 5 amide bonds. The van der Waals surface area contributed by atoms with Gasteiger partial charge in [-0.15, -0.1) is 0 Å². The van der Waals surface area contributed by atoms with E-state index in [1.807, 2.05) is 27.7 Å². The molecule has 1 saturated heterocycles. The van der Waals surface area contributed by atoms with Crippen LogP contribution in [0.1, 0.15) is 80.6 Å². The fourth-order valence-corrected chi connectivity index (χ4v) is 6.31. The number of fused-ring (bicyclic) bond motifs is 1. The molecule has 10 heteroatoms. The normalized spacial score (nSPS) is 29.6. The Morgan fingerprint density at radius 1 is 1.08 bits per heavy atom. The molecule has 3 rings (SSSR count). The topological polar surface area (TPSA) is 151 Å². The van der Waals surface area contributed by atoms with Gasteiger partial charge in [0.1, 0.15) is 12.1 Å². The summed E-state index contributed by atoms with van der Waals surface area (Å²) in [7, 11) is 0. The number of amides is 5. The van der Waals surface area contributed by atoms with E-state index in [2.05, 4.69) is 36.7 Å². The monoisotopic (exact) mass is 519 g/mol. The van der Waals surface area contributed by atoms with Crippen molar-refractivity contribution in [3.8, 4) is 0 Å². The SMILES string of the molecule is CCCC(NC(=O)[C@@H]1[C@@H]2[C@H](CN1C(=O)[C@@H](NC(=O)NC1CCC(C)C1)C(C)(C)C)C2(C)C)C(=O)C(N)=O. The Labute approximate surface area is 220 Å². The molecule has 0 aromatic heterocycles. The third-order valence-corrected chi connectivity index (χ3v) is 8.63. The number of urea groups is 1. The molecule has 5 N–H and O–H groups in total. The number of primary amides is 1. The zero-order valence-corrected chi connectivity index (χ0v) is 23.3. The third kappa shape index (κ3) is 6.09. The highest BCUT2D eigenvalue weighted by molar-refractivity contribution is 6.37. The van der Waals surface area contributed by atoms with Gasteiger partial charge in [0.25, 0.3) is 5.91 Å².